The van der Waals surface area contributed by atoms with Gasteiger partial charge in [0.25, 0.3) is 0 Å². The summed E-state index contributed by atoms with van der Waals surface area (Å²) in [6, 6.07) is 0. The zero-order valence-electron chi connectivity index (χ0n) is 11.5. The lowest BCUT2D eigenvalue weighted by molar-refractivity contribution is -0.127. The standard InChI is InChI=1S/C13H16N6O2/c1-2-9(20)19-5-3-8(4-6-19)21-13-10-11(14)15-7-16-12(10)17-18-13/h2,7-8H,1,3-6H2,(H3,14,15,16,17,18). The summed E-state index contributed by atoms with van der Waals surface area (Å²) < 4.78 is 5.88. The van der Waals surface area contributed by atoms with Gasteiger partial charge in [-0.3, -0.25) is 9.89 Å². The maximum Gasteiger partial charge on any atom is 0.246 e. The summed E-state index contributed by atoms with van der Waals surface area (Å²) in [7, 11) is 0. The van der Waals surface area contributed by atoms with Gasteiger partial charge in [-0.05, 0) is 6.08 Å². The fourth-order valence-corrected chi connectivity index (χ4v) is 2.42. The van der Waals surface area contributed by atoms with E-state index in [1.165, 1.54) is 12.4 Å². The second-order valence-corrected chi connectivity index (χ2v) is 4.86. The van der Waals surface area contributed by atoms with E-state index in [4.69, 9.17) is 10.5 Å². The number of nitrogen functional groups attached to an aromatic ring is 1. The van der Waals surface area contributed by atoms with Gasteiger partial charge in [-0.1, -0.05) is 6.58 Å². The van der Waals surface area contributed by atoms with Gasteiger partial charge >= 0.3 is 0 Å². The second-order valence-electron chi connectivity index (χ2n) is 4.86. The summed E-state index contributed by atoms with van der Waals surface area (Å²) in [6.45, 7) is 4.78. The molecule has 0 bridgehead atoms. The minimum Gasteiger partial charge on any atom is -0.473 e. The van der Waals surface area contributed by atoms with Gasteiger partial charge in [0, 0.05) is 25.9 Å². The number of hydrogen-bond donors (Lipinski definition) is 2. The van der Waals surface area contributed by atoms with Gasteiger partial charge in [0.15, 0.2) is 5.65 Å². The number of likely N-dealkylation sites (tertiary alicyclic amines) is 1. The number of H-pyrrole nitrogens is 1. The molecule has 0 spiro atoms. The summed E-state index contributed by atoms with van der Waals surface area (Å²) in [5.41, 5.74) is 6.38. The first-order valence-corrected chi connectivity index (χ1v) is 6.71. The summed E-state index contributed by atoms with van der Waals surface area (Å²) in [5.74, 6) is 0.705. The number of fused-ring (bicyclic) bond motifs is 1. The molecular weight excluding hydrogens is 272 g/mol. The molecule has 2 aromatic rings. The van der Waals surface area contributed by atoms with Crippen LogP contribution in [0.5, 0.6) is 5.88 Å². The third-order valence-electron chi connectivity index (χ3n) is 3.56. The number of nitrogens with one attached hydrogen (secondary N) is 1. The Balaban J connectivity index is 1.70. The largest absolute Gasteiger partial charge is 0.473 e. The number of nitrogens with two attached hydrogens (primary N) is 1. The zero-order valence-corrected chi connectivity index (χ0v) is 11.5. The first kappa shape index (κ1) is 13.3. The Bertz CT molecular complexity index is 674. The van der Waals surface area contributed by atoms with Crippen LogP contribution in [0.1, 0.15) is 12.8 Å². The summed E-state index contributed by atoms with van der Waals surface area (Å²) in [5, 5.41) is 7.46. The minimum atomic E-state index is -0.0451. The maximum absolute atomic E-state index is 11.5. The molecule has 21 heavy (non-hydrogen) atoms. The van der Waals surface area contributed by atoms with Crippen LogP contribution in [0.15, 0.2) is 19.0 Å². The molecule has 1 aliphatic rings. The molecule has 0 saturated carbocycles. The minimum absolute atomic E-state index is 0.00929. The number of rotatable bonds is 3. The predicted octanol–water partition coefficient (Wildman–Crippen LogP) is 0.491. The summed E-state index contributed by atoms with van der Waals surface area (Å²) in [4.78, 5) is 21.3. The van der Waals surface area contributed by atoms with Gasteiger partial charge in [-0.15, -0.1) is 5.10 Å². The lowest BCUT2D eigenvalue weighted by Gasteiger charge is -2.31. The van der Waals surface area contributed by atoms with Crippen molar-refractivity contribution in [1.82, 2.24) is 25.1 Å². The molecule has 3 N–H and O–H groups in total. The number of ether oxygens (including phenoxy) is 1. The van der Waals surface area contributed by atoms with Crippen LogP contribution >= 0.6 is 0 Å². The van der Waals surface area contributed by atoms with Crippen LogP contribution in [0.4, 0.5) is 5.82 Å². The Morgan fingerprint density at radius 1 is 1.48 bits per heavy atom. The molecule has 0 aromatic carbocycles. The quantitative estimate of drug-likeness (QED) is 0.795. The van der Waals surface area contributed by atoms with Gasteiger partial charge in [-0.25, -0.2) is 9.97 Å². The molecule has 0 atom stereocenters. The fraction of sp³-hybridized carbons (Fsp3) is 0.385. The SMILES string of the molecule is C=CC(=O)N1CCC(Oc2n[nH]c3ncnc(N)c23)CC1. The highest BCUT2D eigenvalue weighted by Gasteiger charge is 2.24. The topological polar surface area (TPSA) is 110 Å². The van der Waals surface area contributed by atoms with Crippen molar-refractivity contribution in [2.24, 2.45) is 0 Å². The van der Waals surface area contributed by atoms with Gasteiger partial charge in [0.05, 0.1) is 0 Å². The van der Waals surface area contributed by atoms with Crippen LogP contribution in [0.2, 0.25) is 0 Å². The Labute approximate surface area is 121 Å². The highest BCUT2D eigenvalue weighted by Crippen LogP contribution is 2.27. The monoisotopic (exact) mass is 288 g/mol. The van der Waals surface area contributed by atoms with Gasteiger partial charge in [-0.2, -0.15) is 0 Å². The van der Waals surface area contributed by atoms with Gasteiger partial charge in [0.1, 0.15) is 23.6 Å². The Kier molecular flexibility index (Phi) is 3.43. The molecule has 1 aliphatic heterocycles. The maximum atomic E-state index is 11.5. The Morgan fingerprint density at radius 3 is 2.95 bits per heavy atom. The molecule has 110 valence electrons. The molecule has 0 aliphatic carbocycles. The van der Waals surface area contributed by atoms with E-state index in [0.717, 1.165) is 12.8 Å². The Hall–Kier alpha value is -2.64. The molecule has 8 nitrogen and oxygen atoms in total. The number of anilines is 1. The van der Waals surface area contributed by atoms with E-state index in [-0.39, 0.29) is 12.0 Å². The number of carbonyl (C=O) groups excluding carboxylic acids is 1. The number of piperidine rings is 1. The van der Waals surface area contributed by atoms with E-state index >= 15 is 0 Å². The van der Waals surface area contributed by atoms with Crippen LogP contribution in [0, 0.1) is 0 Å². The van der Waals surface area contributed by atoms with E-state index in [1.54, 1.807) is 4.90 Å². The number of hydrogen-bond acceptors (Lipinski definition) is 6. The molecule has 0 radical (unpaired) electrons. The van der Waals surface area contributed by atoms with Gasteiger partial charge < -0.3 is 15.4 Å². The van der Waals surface area contributed by atoms with Crippen molar-refractivity contribution >= 4 is 22.8 Å². The first-order valence-electron chi connectivity index (χ1n) is 6.71. The van der Waals surface area contributed by atoms with E-state index < -0.39 is 0 Å². The molecule has 3 rings (SSSR count). The van der Waals surface area contributed by atoms with Crippen molar-refractivity contribution in [3.8, 4) is 5.88 Å². The molecule has 1 saturated heterocycles. The van der Waals surface area contributed by atoms with E-state index in [9.17, 15) is 4.79 Å². The molecule has 1 amide bonds. The highest BCUT2D eigenvalue weighted by atomic mass is 16.5. The summed E-state index contributed by atoms with van der Waals surface area (Å²) >= 11 is 0. The third kappa shape index (κ3) is 2.51. The fourth-order valence-electron chi connectivity index (χ4n) is 2.42. The molecule has 2 aromatic heterocycles. The van der Waals surface area contributed by atoms with Crippen LogP contribution in [0.25, 0.3) is 11.0 Å². The number of aromatic nitrogens is 4. The van der Waals surface area contributed by atoms with Crippen molar-refractivity contribution in [2.75, 3.05) is 18.8 Å². The van der Waals surface area contributed by atoms with Crippen LogP contribution in [-0.4, -0.2) is 50.2 Å². The smallest absolute Gasteiger partial charge is 0.246 e. The van der Waals surface area contributed by atoms with Gasteiger partial charge in [0.2, 0.25) is 11.8 Å². The normalized spacial score (nSPS) is 16.1. The van der Waals surface area contributed by atoms with Crippen molar-refractivity contribution < 1.29 is 9.53 Å². The second kappa shape index (κ2) is 5.39. The predicted molar refractivity (Wildman–Crippen MR) is 76.5 cm³/mol. The van der Waals surface area contributed by atoms with Crippen molar-refractivity contribution in [2.45, 2.75) is 18.9 Å². The van der Waals surface area contributed by atoms with E-state index in [0.29, 0.717) is 35.8 Å². The number of aromatic amines is 1. The van der Waals surface area contributed by atoms with Crippen molar-refractivity contribution in [1.29, 1.82) is 0 Å². The molecule has 8 heteroatoms. The highest BCUT2D eigenvalue weighted by molar-refractivity contribution is 5.90. The van der Waals surface area contributed by atoms with Crippen molar-refractivity contribution in [3.63, 3.8) is 0 Å². The molecule has 1 fully saturated rings. The Morgan fingerprint density at radius 2 is 2.24 bits per heavy atom. The van der Waals surface area contributed by atoms with Crippen LogP contribution in [-0.2, 0) is 4.79 Å². The first-order chi connectivity index (χ1) is 10.2. The van der Waals surface area contributed by atoms with Crippen molar-refractivity contribution in [3.05, 3.63) is 19.0 Å². The molecule has 0 unspecified atom stereocenters. The number of amides is 1. The molecule has 3 heterocycles. The van der Waals surface area contributed by atoms with Crippen LogP contribution < -0.4 is 10.5 Å². The third-order valence-corrected chi connectivity index (χ3v) is 3.56. The lowest BCUT2D eigenvalue weighted by atomic mass is 10.1. The van der Waals surface area contributed by atoms with Crippen LogP contribution in [0.3, 0.4) is 0 Å². The number of carbonyl (C=O) groups is 1. The summed E-state index contributed by atoms with van der Waals surface area (Å²) in [6.07, 6.45) is 4.17. The average molecular weight is 288 g/mol. The van der Waals surface area contributed by atoms with E-state index in [2.05, 4.69) is 26.7 Å². The molecular formula is C13H16N6O2. The van der Waals surface area contributed by atoms with E-state index in [1.807, 2.05) is 0 Å². The average Bonchev–Trinajstić information content (AvgIpc) is 2.92. The number of nitrogens with zero attached hydrogens (tertiary/aromatic N) is 4. The zero-order chi connectivity index (χ0) is 14.8. The lowest BCUT2D eigenvalue weighted by Crippen LogP contribution is -2.41.